The lowest BCUT2D eigenvalue weighted by molar-refractivity contribution is 0.295. The van der Waals surface area contributed by atoms with Gasteiger partial charge in [-0.25, -0.2) is 0 Å². The molecule has 0 unspecified atom stereocenters. The number of hydrogen-bond donors (Lipinski definition) is 2. The first kappa shape index (κ1) is 25.3. The van der Waals surface area contributed by atoms with E-state index in [0.29, 0.717) is 0 Å². The first-order valence-corrected chi connectivity index (χ1v) is 5.72. The van der Waals surface area contributed by atoms with E-state index in [1.165, 1.54) is 45.3 Å². The van der Waals surface area contributed by atoms with E-state index in [1.54, 1.807) is 0 Å². The van der Waals surface area contributed by atoms with Gasteiger partial charge in [-0.3, -0.25) is 0 Å². The van der Waals surface area contributed by atoms with E-state index in [9.17, 15) is 0 Å². The number of aliphatic hydroxyl groups is 1. The lowest BCUT2D eigenvalue weighted by Gasteiger charge is -2.17. The Balaban J connectivity index is -0.000000169. The molecule has 0 aliphatic heterocycles. The van der Waals surface area contributed by atoms with Gasteiger partial charge in [0, 0.05) is 7.11 Å². The number of aliphatic hydroxyl groups excluding tert-OH is 1. The van der Waals surface area contributed by atoms with Gasteiger partial charge in [-0.15, -0.1) is 24.8 Å². The van der Waals surface area contributed by atoms with E-state index in [1.807, 2.05) is 0 Å². The highest BCUT2D eigenvalue weighted by Gasteiger charge is 1.97. The summed E-state index contributed by atoms with van der Waals surface area (Å²) in [4.78, 5) is 2.47. The molecule has 104 valence electrons. The number of nitrogens with zero attached hydrogens (tertiary/aromatic N) is 1. The molecule has 0 aliphatic rings. The Morgan fingerprint density at radius 3 is 1.69 bits per heavy atom. The van der Waals surface area contributed by atoms with Gasteiger partial charge in [-0.1, -0.05) is 26.7 Å². The van der Waals surface area contributed by atoms with E-state index < -0.39 is 0 Å². The third-order valence-corrected chi connectivity index (χ3v) is 2.32. The number of halogens is 2. The van der Waals surface area contributed by atoms with Crippen LogP contribution in [-0.2, 0) is 0 Å². The Hall–Kier alpha value is 0.460. The molecule has 0 saturated heterocycles. The van der Waals surface area contributed by atoms with Crippen LogP contribution in [0.5, 0.6) is 0 Å². The maximum atomic E-state index is 7.00. The summed E-state index contributed by atoms with van der Waals surface area (Å²) in [6.07, 6.45) is 5.17. The van der Waals surface area contributed by atoms with Crippen LogP contribution in [0.3, 0.4) is 0 Å². The van der Waals surface area contributed by atoms with Gasteiger partial charge in [0.25, 0.3) is 0 Å². The zero-order valence-electron chi connectivity index (χ0n) is 10.9. The van der Waals surface area contributed by atoms with Crippen molar-refractivity contribution in [1.82, 2.24) is 4.90 Å². The predicted octanol–water partition coefficient (Wildman–Crippen LogP) is 2.30. The van der Waals surface area contributed by atoms with Gasteiger partial charge in [0.2, 0.25) is 0 Å². The van der Waals surface area contributed by atoms with Gasteiger partial charge < -0.3 is 15.7 Å². The topological polar surface area (TPSA) is 49.5 Å². The lowest BCUT2D eigenvalue weighted by Crippen LogP contribution is -2.23. The number of unbranched alkanes of at least 4 members (excludes halogenated alkanes) is 3. The summed E-state index contributed by atoms with van der Waals surface area (Å²) in [5.74, 6) is 0. The van der Waals surface area contributed by atoms with Crippen LogP contribution < -0.4 is 5.73 Å². The van der Waals surface area contributed by atoms with Crippen molar-refractivity contribution in [3.63, 3.8) is 0 Å². The fourth-order valence-corrected chi connectivity index (χ4v) is 1.37. The average Bonchev–Trinajstić information content (AvgIpc) is 2.26. The highest BCUT2D eigenvalue weighted by atomic mass is 35.5. The molecule has 5 heteroatoms. The molecule has 0 fully saturated rings. The minimum absolute atomic E-state index is 0. The van der Waals surface area contributed by atoms with Crippen LogP contribution in [0.15, 0.2) is 0 Å². The Labute approximate surface area is 114 Å². The maximum absolute atomic E-state index is 7.00. The molecule has 0 aliphatic carbocycles. The van der Waals surface area contributed by atoms with Gasteiger partial charge in [0.1, 0.15) is 0 Å². The van der Waals surface area contributed by atoms with Gasteiger partial charge >= 0.3 is 0 Å². The zero-order valence-corrected chi connectivity index (χ0v) is 12.6. The van der Waals surface area contributed by atoms with Crippen LogP contribution in [0, 0.1) is 0 Å². The van der Waals surface area contributed by atoms with Crippen molar-refractivity contribution in [3.8, 4) is 0 Å². The van der Waals surface area contributed by atoms with Gasteiger partial charge in [-0.05, 0) is 39.0 Å². The smallest absolute Gasteiger partial charge is 0.0319 e. The fourth-order valence-electron chi connectivity index (χ4n) is 1.37. The maximum Gasteiger partial charge on any atom is 0.0319 e. The monoisotopic (exact) mass is 276 g/mol. The molecule has 0 heterocycles. The molecular weight excluding hydrogens is 247 g/mol. The molecule has 0 saturated carbocycles. The zero-order chi connectivity index (χ0) is 11.2. The molecule has 0 aromatic rings. The molecule has 0 aromatic carbocycles. The molecule has 3 nitrogen and oxygen atoms in total. The average molecular weight is 277 g/mol. The van der Waals surface area contributed by atoms with Gasteiger partial charge in [0.15, 0.2) is 0 Å². The van der Waals surface area contributed by atoms with Crippen molar-refractivity contribution in [1.29, 1.82) is 0 Å². The molecule has 16 heavy (non-hydrogen) atoms. The molecule has 0 rings (SSSR count). The van der Waals surface area contributed by atoms with Gasteiger partial charge in [0.05, 0.1) is 0 Å². The second-order valence-corrected chi connectivity index (χ2v) is 3.23. The largest absolute Gasteiger partial charge is 0.400 e. The summed E-state index contributed by atoms with van der Waals surface area (Å²) in [5.41, 5.74) is 5.41. The van der Waals surface area contributed by atoms with Crippen molar-refractivity contribution in [3.05, 3.63) is 0 Å². The predicted molar refractivity (Wildman–Crippen MR) is 77.9 cm³/mol. The summed E-state index contributed by atoms with van der Waals surface area (Å²) in [5, 5.41) is 7.00. The Morgan fingerprint density at radius 1 is 0.875 bits per heavy atom. The summed E-state index contributed by atoms with van der Waals surface area (Å²) < 4.78 is 0. The van der Waals surface area contributed by atoms with Crippen molar-refractivity contribution >= 4 is 24.8 Å². The van der Waals surface area contributed by atoms with E-state index >= 15 is 0 Å². The van der Waals surface area contributed by atoms with Crippen LogP contribution in [-0.4, -0.2) is 43.3 Å². The lowest BCUT2D eigenvalue weighted by atomic mass is 10.2. The van der Waals surface area contributed by atoms with Crippen molar-refractivity contribution in [2.45, 2.75) is 39.5 Å². The van der Waals surface area contributed by atoms with Crippen LogP contribution in [0.4, 0.5) is 0 Å². The van der Waals surface area contributed by atoms with Crippen LogP contribution in [0.2, 0.25) is 0 Å². The summed E-state index contributed by atoms with van der Waals surface area (Å²) in [6.45, 7) is 8.94. The second-order valence-electron chi connectivity index (χ2n) is 3.23. The van der Waals surface area contributed by atoms with Gasteiger partial charge in [-0.2, -0.15) is 0 Å². The van der Waals surface area contributed by atoms with Crippen LogP contribution in [0.25, 0.3) is 0 Å². The SMILES string of the molecule is CCN(CC)CCCCCCN.CO.Cl.Cl. The molecule has 0 aromatic heterocycles. The molecule has 0 atom stereocenters. The third-order valence-electron chi connectivity index (χ3n) is 2.32. The molecular formula is C11H30Cl2N2O. The first-order chi connectivity index (χ1) is 6.85. The van der Waals surface area contributed by atoms with E-state index in [2.05, 4.69) is 18.7 Å². The molecule has 0 radical (unpaired) electrons. The minimum Gasteiger partial charge on any atom is -0.400 e. The quantitative estimate of drug-likeness (QED) is 0.669. The third kappa shape index (κ3) is 19.9. The molecule has 3 N–H and O–H groups in total. The molecule has 0 spiro atoms. The first-order valence-electron chi connectivity index (χ1n) is 5.72. The summed E-state index contributed by atoms with van der Waals surface area (Å²) in [6, 6.07) is 0. The fraction of sp³-hybridized carbons (Fsp3) is 1.00. The number of nitrogens with two attached hydrogens (primary N) is 1. The minimum atomic E-state index is 0. The van der Waals surface area contributed by atoms with Crippen molar-refractivity contribution in [2.75, 3.05) is 33.3 Å². The highest BCUT2D eigenvalue weighted by Crippen LogP contribution is 2.00. The Bertz CT molecular complexity index is 94.1. The Morgan fingerprint density at radius 2 is 1.31 bits per heavy atom. The normalized spacial score (nSPS) is 8.62. The van der Waals surface area contributed by atoms with E-state index in [0.717, 1.165) is 13.7 Å². The standard InChI is InChI=1S/C10H24N2.CH4O.2ClH/c1-3-12(4-2)10-8-6-5-7-9-11;1-2;;/h3-11H2,1-2H3;2H,1H3;2*1H. The molecule has 0 amide bonds. The van der Waals surface area contributed by atoms with Crippen LogP contribution in [0.1, 0.15) is 39.5 Å². The highest BCUT2D eigenvalue weighted by molar-refractivity contribution is 5.85. The Kier molecular flexibility index (Phi) is 39.0. The second kappa shape index (κ2) is 24.6. The van der Waals surface area contributed by atoms with Crippen molar-refractivity contribution < 1.29 is 5.11 Å². The molecule has 0 bridgehead atoms. The summed E-state index contributed by atoms with van der Waals surface area (Å²) >= 11 is 0. The van der Waals surface area contributed by atoms with E-state index in [4.69, 9.17) is 10.8 Å². The van der Waals surface area contributed by atoms with E-state index in [-0.39, 0.29) is 24.8 Å². The van der Waals surface area contributed by atoms with Crippen LogP contribution >= 0.6 is 24.8 Å². The summed E-state index contributed by atoms with van der Waals surface area (Å²) in [7, 11) is 1.00. The van der Waals surface area contributed by atoms with Crippen molar-refractivity contribution in [2.24, 2.45) is 5.73 Å². The number of hydrogen-bond acceptors (Lipinski definition) is 3. The number of rotatable bonds is 8.